The van der Waals surface area contributed by atoms with Gasteiger partial charge in [-0.05, 0) is 66.6 Å². The zero-order chi connectivity index (χ0) is 15.1. The molecule has 0 radical (unpaired) electrons. The predicted octanol–water partition coefficient (Wildman–Crippen LogP) is 4.86. The first-order valence-corrected chi connectivity index (χ1v) is 8.62. The summed E-state index contributed by atoms with van der Waals surface area (Å²) in [5.74, 6) is 0.591. The Kier molecular flexibility index (Phi) is 4.76. The van der Waals surface area contributed by atoms with Gasteiger partial charge in [-0.2, -0.15) is 0 Å². The summed E-state index contributed by atoms with van der Waals surface area (Å²) >= 11 is 8.96. The summed E-state index contributed by atoms with van der Waals surface area (Å²) in [7, 11) is 0. The van der Waals surface area contributed by atoms with E-state index < -0.39 is 0 Å². The second-order valence-corrected chi connectivity index (χ2v) is 8.24. The molecule has 3 nitrogen and oxygen atoms in total. The number of halogens is 3. The lowest BCUT2D eigenvalue weighted by Gasteiger charge is -2.19. The highest BCUT2D eigenvalue weighted by atomic mass is 127. The summed E-state index contributed by atoms with van der Waals surface area (Å²) in [6.45, 7) is 6.16. The quantitative estimate of drug-likeness (QED) is 0.556. The topological polar surface area (TPSA) is 45.8 Å². The molecule has 1 aromatic heterocycles. The lowest BCUT2D eigenvalue weighted by molar-refractivity contribution is 0.562. The lowest BCUT2D eigenvalue weighted by Crippen LogP contribution is -2.24. The van der Waals surface area contributed by atoms with Crippen molar-refractivity contribution in [3.05, 3.63) is 46.8 Å². The molecule has 20 heavy (non-hydrogen) atoms. The second kappa shape index (κ2) is 5.88. The number of aromatic amines is 1. The molecule has 1 aromatic carbocycles. The first-order valence-electron chi connectivity index (χ1n) is 5.96. The van der Waals surface area contributed by atoms with Crippen LogP contribution in [-0.2, 0) is 5.41 Å². The zero-order valence-electron chi connectivity index (χ0n) is 11.2. The molecular formula is C14H13Br2IN2O. The van der Waals surface area contributed by atoms with Crippen molar-refractivity contribution < 1.29 is 0 Å². The van der Waals surface area contributed by atoms with Crippen LogP contribution >= 0.6 is 54.5 Å². The van der Waals surface area contributed by atoms with Crippen LogP contribution in [-0.4, -0.2) is 9.97 Å². The molecule has 0 atom stereocenters. The number of hydrogen-bond donors (Lipinski definition) is 1. The van der Waals surface area contributed by atoms with Crippen molar-refractivity contribution in [3.8, 4) is 11.4 Å². The van der Waals surface area contributed by atoms with Gasteiger partial charge in [-0.15, -0.1) is 0 Å². The third-order valence-corrected chi connectivity index (χ3v) is 5.65. The fourth-order valence-electron chi connectivity index (χ4n) is 1.74. The number of H-pyrrole nitrogens is 1. The van der Waals surface area contributed by atoms with Crippen LogP contribution in [0.3, 0.4) is 0 Å². The number of aromatic nitrogens is 2. The summed E-state index contributed by atoms with van der Waals surface area (Å²) in [5.41, 5.74) is 1.42. The maximum atomic E-state index is 12.1. The Bertz CT molecular complexity index is 720. The molecule has 0 spiro atoms. The lowest BCUT2D eigenvalue weighted by atomic mass is 9.92. The Morgan fingerprint density at radius 3 is 2.40 bits per heavy atom. The van der Waals surface area contributed by atoms with E-state index in [2.05, 4.69) is 85.2 Å². The first kappa shape index (κ1) is 16.2. The Morgan fingerprint density at radius 2 is 1.85 bits per heavy atom. The van der Waals surface area contributed by atoms with E-state index in [1.54, 1.807) is 0 Å². The molecule has 0 amide bonds. The molecule has 0 fully saturated rings. The maximum absolute atomic E-state index is 12.1. The van der Waals surface area contributed by atoms with Gasteiger partial charge in [0.1, 0.15) is 9.39 Å². The van der Waals surface area contributed by atoms with Gasteiger partial charge in [-0.3, -0.25) is 4.79 Å². The van der Waals surface area contributed by atoms with E-state index in [4.69, 9.17) is 0 Å². The molecule has 0 saturated heterocycles. The van der Waals surface area contributed by atoms with Gasteiger partial charge in [0.2, 0.25) is 0 Å². The monoisotopic (exact) mass is 510 g/mol. The van der Waals surface area contributed by atoms with Crippen LogP contribution in [0, 0.1) is 3.57 Å². The largest absolute Gasteiger partial charge is 0.306 e. The molecule has 0 aliphatic rings. The number of rotatable bonds is 1. The van der Waals surface area contributed by atoms with Gasteiger partial charge in [-0.25, -0.2) is 4.98 Å². The van der Waals surface area contributed by atoms with Gasteiger partial charge >= 0.3 is 0 Å². The van der Waals surface area contributed by atoms with E-state index in [1.807, 2.05) is 18.2 Å². The minimum Gasteiger partial charge on any atom is -0.306 e. The third-order valence-electron chi connectivity index (χ3n) is 2.77. The minimum absolute atomic E-state index is 0.0976. The molecule has 0 aliphatic heterocycles. The highest BCUT2D eigenvalue weighted by Gasteiger charge is 2.22. The average molecular weight is 512 g/mol. The minimum atomic E-state index is -0.174. The fourth-order valence-corrected chi connectivity index (χ4v) is 3.43. The van der Waals surface area contributed by atoms with Crippen LogP contribution in [0.4, 0.5) is 0 Å². The number of hydrogen-bond acceptors (Lipinski definition) is 2. The van der Waals surface area contributed by atoms with Crippen LogP contribution in [0.25, 0.3) is 11.4 Å². The first-order chi connectivity index (χ1) is 9.20. The van der Waals surface area contributed by atoms with Crippen LogP contribution in [0.5, 0.6) is 0 Å². The van der Waals surface area contributed by atoms with Crippen LogP contribution < -0.4 is 5.56 Å². The van der Waals surface area contributed by atoms with Crippen LogP contribution in [0.2, 0.25) is 0 Å². The molecule has 1 heterocycles. The molecule has 6 heteroatoms. The molecule has 1 N–H and O–H groups in total. The Morgan fingerprint density at radius 1 is 1.20 bits per heavy atom. The standard InChI is InChI=1S/C14H13Br2IN2O/c1-14(2,3)11-10(17)13(20)19-12(18-11)7-4-5-8(15)9(16)6-7/h4-6H,1-3H3,(H,18,19,20). The zero-order valence-corrected chi connectivity index (χ0v) is 16.6. The van der Waals surface area contributed by atoms with E-state index in [0.29, 0.717) is 9.39 Å². The molecule has 0 bridgehead atoms. The van der Waals surface area contributed by atoms with Gasteiger partial charge in [-0.1, -0.05) is 26.8 Å². The van der Waals surface area contributed by atoms with Crippen LogP contribution in [0.1, 0.15) is 26.5 Å². The predicted molar refractivity (Wildman–Crippen MR) is 97.1 cm³/mol. The molecule has 0 aliphatic carbocycles. The van der Waals surface area contributed by atoms with E-state index >= 15 is 0 Å². The average Bonchev–Trinajstić information content (AvgIpc) is 2.34. The van der Waals surface area contributed by atoms with Crippen molar-refractivity contribution in [1.82, 2.24) is 9.97 Å². The smallest absolute Gasteiger partial charge is 0.264 e. The summed E-state index contributed by atoms with van der Waals surface area (Å²) < 4.78 is 2.54. The summed E-state index contributed by atoms with van der Waals surface area (Å²) in [5, 5.41) is 0. The molecule has 106 valence electrons. The third kappa shape index (κ3) is 3.33. The van der Waals surface area contributed by atoms with E-state index in [9.17, 15) is 4.79 Å². The Balaban J connectivity index is 2.67. The van der Waals surface area contributed by atoms with Gasteiger partial charge < -0.3 is 4.98 Å². The van der Waals surface area contributed by atoms with Crippen molar-refractivity contribution in [1.29, 1.82) is 0 Å². The molecule has 2 aromatic rings. The normalized spacial score (nSPS) is 11.7. The number of nitrogens with one attached hydrogen (secondary N) is 1. The van der Waals surface area contributed by atoms with Gasteiger partial charge in [0, 0.05) is 19.9 Å². The van der Waals surface area contributed by atoms with Crippen molar-refractivity contribution in [2.24, 2.45) is 0 Å². The van der Waals surface area contributed by atoms with E-state index in [0.717, 1.165) is 20.2 Å². The van der Waals surface area contributed by atoms with Gasteiger partial charge in [0.25, 0.3) is 5.56 Å². The molecule has 0 unspecified atom stereocenters. The highest BCUT2D eigenvalue weighted by molar-refractivity contribution is 14.1. The van der Waals surface area contributed by atoms with Gasteiger partial charge in [0.15, 0.2) is 0 Å². The summed E-state index contributed by atoms with van der Waals surface area (Å²) in [6.07, 6.45) is 0. The molecule has 2 rings (SSSR count). The van der Waals surface area contributed by atoms with Crippen molar-refractivity contribution in [3.63, 3.8) is 0 Å². The van der Waals surface area contributed by atoms with Crippen molar-refractivity contribution >= 4 is 54.5 Å². The van der Waals surface area contributed by atoms with Gasteiger partial charge in [0.05, 0.1) is 5.69 Å². The number of benzene rings is 1. The number of nitrogens with zero attached hydrogens (tertiary/aromatic N) is 1. The molecule has 0 saturated carbocycles. The Hall–Kier alpha value is -0.210. The van der Waals surface area contributed by atoms with E-state index in [1.165, 1.54) is 0 Å². The second-order valence-electron chi connectivity index (χ2n) is 5.46. The highest BCUT2D eigenvalue weighted by Crippen LogP contribution is 2.29. The fraction of sp³-hybridized carbons (Fsp3) is 0.286. The Labute approximate surface area is 148 Å². The summed E-state index contributed by atoms with van der Waals surface area (Å²) in [6, 6.07) is 5.78. The SMILES string of the molecule is CC(C)(C)c1nc(-c2ccc(Br)c(Br)c2)[nH]c(=O)c1I. The van der Waals surface area contributed by atoms with Crippen molar-refractivity contribution in [2.75, 3.05) is 0 Å². The summed E-state index contributed by atoms with van der Waals surface area (Å²) in [4.78, 5) is 19.6. The van der Waals surface area contributed by atoms with Crippen molar-refractivity contribution in [2.45, 2.75) is 26.2 Å². The molecular weight excluding hydrogens is 499 g/mol. The maximum Gasteiger partial charge on any atom is 0.264 e. The van der Waals surface area contributed by atoms with E-state index in [-0.39, 0.29) is 11.0 Å². The van der Waals surface area contributed by atoms with Crippen LogP contribution in [0.15, 0.2) is 31.9 Å².